The Balaban J connectivity index is 1.26. The van der Waals surface area contributed by atoms with Crippen molar-refractivity contribution < 1.29 is 9.13 Å². The van der Waals surface area contributed by atoms with E-state index in [9.17, 15) is 4.39 Å². The van der Waals surface area contributed by atoms with Crippen LogP contribution in [0.25, 0.3) is 0 Å². The lowest BCUT2D eigenvalue weighted by Gasteiger charge is -2.32. The molecule has 152 valence electrons. The Bertz CT molecular complexity index is 953. The van der Waals surface area contributed by atoms with Gasteiger partial charge in [0.05, 0.1) is 18.9 Å². The number of ether oxygens (including phenoxy) is 1. The van der Waals surface area contributed by atoms with E-state index in [4.69, 9.17) is 14.7 Å². The monoisotopic (exact) mass is 396 g/mol. The van der Waals surface area contributed by atoms with E-state index in [0.29, 0.717) is 50.3 Å². The first kappa shape index (κ1) is 17.6. The number of halogens is 1. The fourth-order valence-electron chi connectivity index (χ4n) is 5.13. The highest BCUT2D eigenvalue weighted by molar-refractivity contribution is 5.54. The van der Waals surface area contributed by atoms with Gasteiger partial charge in [0.25, 0.3) is 0 Å². The van der Waals surface area contributed by atoms with Gasteiger partial charge in [-0.25, -0.2) is 9.37 Å². The Labute approximate surface area is 169 Å². The van der Waals surface area contributed by atoms with Crippen molar-refractivity contribution in [3.8, 4) is 0 Å². The molecule has 2 aromatic rings. The molecule has 29 heavy (non-hydrogen) atoms. The Morgan fingerprint density at radius 1 is 1.14 bits per heavy atom. The highest BCUT2D eigenvalue weighted by Crippen LogP contribution is 2.34. The fourth-order valence-corrected chi connectivity index (χ4v) is 5.13. The number of rotatable bonds is 3. The fraction of sp³-hybridized carbons (Fsp3) is 0.524. The molecule has 1 saturated carbocycles. The van der Waals surface area contributed by atoms with E-state index >= 15 is 0 Å². The van der Waals surface area contributed by atoms with Crippen LogP contribution in [0.15, 0.2) is 18.2 Å². The largest absolute Gasteiger partial charge is 0.370 e. The number of nitrogens with zero attached hydrogens (tertiary/aromatic N) is 3. The summed E-state index contributed by atoms with van der Waals surface area (Å²) in [6.07, 6.45) is 3.42. The van der Waals surface area contributed by atoms with Crippen LogP contribution in [0, 0.1) is 11.7 Å². The molecule has 0 radical (unpaired) electrons. The first-order valence-electron chi connectivity index (χ1n) is 10.5. The molecule has 3 unspecified atom stereocenters. The van der Waals surface area contributed by atoms with Crippen molar-refractivity contribution in [2.75, 3.05) is 16.8 Å². The zero-order chi connectivity index (χ0) is 19.4. The third kappa shape index (κ3) is 3.15. The highest BCUT2D eigenvalue weighted by atomic mass is 19.1. The second kappa shape index (κ2) is 6.90. The van der Waals surface area contributed by atoms with E-state index in [-0.39, 0.29) is 5.82 Å². The topological polar surface area (TPSA) is 74.3 Å². The summed E-state index contributed by atoms with van der Waals surface area (Å²) in [7, 11) is 0. The molecule has 4 heterocycles. The molecule has 4 aliphatic rings. The van der Waals surface area contributed by atoms with Gasteiger partial charge in [0.2, 0.25) is 5.95 Å². The number of fused-ring (bicyclic) bond motifs is 3. The summed E-state index contributed by atoms with van der Waals surface area (Å²) in [6, 6.07) is 6.01. The van der Waals surface area contributed by atoms with Gasteiger partial charge in [-0.2, -0.15) is 4.98 Å². The van der Waals surface area contributed by atoms with E-state index < -0.39 is 0 Å². The maximum absolute atomic E-state index is 13.6. The minimum Gasteiger partial charge on any atom is -0.370 e. The van der Waals surface area contributed by atoms with Gasteiger partial charge in [-0.15, -0.1) is 0 Å². The van der Waals surface area contributed by atoms with E-state index in [0.717, 1.165) is 47.6 Å². The van der Waals surface area contributed by atoms with E-state index in [1.54, 1.807) is 6.07 Å². The average Bonchev–Trinajstić information content (AvgIpc) is 3.45. The molecule has 8 heteroatoms. The van der Waals surface area contributed by atoms with Crippen LogP contribution in [0.1, 0.15) is 41.6 Å². The Morgan fingerprint density at radius 2 is 2.07 bits per heavy atom. The van der Waals surface area contributed by atoms with Gasteiger partial charge < -0.3 is 15.0 Å². The van der Waals surface area contributed by atoms with Crippen LogP contribution in [0.3, 0.4) is 0 Å². The summed E-state index contributed by atoms with van der Waals surface area (Å²) in [5, 5.41) is 3.71. The summed E-state index contributed by atoms with van der Waals surface area (Å²) < 4.78 is 19.3. The van der Waals surface area contributed by atoms with Crippen LogP contribution >= 0.6 is 0 Å². The van der Waals surface area contributed by atoms with Crippen LogP contribution in [-0.4, -0.2) is 28.6 Å². The van der Waals surface area contributed by atoms with Crippen molar-refractivity contribution in [2.24, 2.45) is 5.92 Å². The molecule has 3 aliphatic heterocycles. The van der Waals surface area contributed by atoms with Gasteiger partial charge >= 0.3 is 0 Å². The third-order valence-corrected chi connectivity index (χ3v) is 6.71. The third-order valence-electron chi connectivity index (χ3n) is 6.71. The Hall–Kier alpha value is -2.29. The van der Waals surface area contributed by atoms with Crippen LogP contribution in [-0.2, 0) is 31.0 Å². The molecule has 2 fully saturated rings. The summed E-state index contributed by atoms with van der Waals surface area (Å²) in [5.74, 6) is 2.08. The number of aromatic nitrogens is 2. The first-order valence-corrected chi connectivity index (χ1v) is 10.5. The zero-order valence-corrected chi connectivity index (χ0v) is 16.2. The predicted octanol–water partition coefficient (Wildman–Crippen LogP) is 2.22. The van der Waals surface area contributed by atoms with Gasteiger partial charge in [-0.05, 0) is 48.4 Å². The summed E-state index contributed by atoms with van der Waals surface area (Å²) in [5.41, 5.74) is 10.9. The molecule has 0 amide bonds. The summed E-state index contributed by atoms with van der Waals surface area (Å²) in [4.78, 5) is 11.8. The Morgan fingerprint density at radius 3 is 3.03 bits per heavy atom. The molecule has 1 saturated heterocycles. The summed E-state index contributed by atoms with van der Waals surface area (Å²) in [6.45, 7) is 3.46. The lowest BCUT2D eigenvalue weighted by atomic mass is 9.83. The molecule has 1 aliphatic carbocycles. The van der Waals surface area contributed by atoms with Gasteiger partial charge in [-0.1, -0.05) is 6.07 Å². The quantitative estimate of drug-likeness (QED) is 0.735. The highest BCUT2D eigenvalue weighted by Gasteiger charge is 2.35. The number of hydrazine groups is 1. The molecule has 1 aromatic heterocycles. The van der Waals surface area contributed by atoms with Gasteiger partial charge in [-0.3, -0.25) is 10.9 Å². The normalized spacial score (nSPS) is 27.6. The number of benzene rings is 1. The molecular formula is C21H25FN6O. The molecular weight excluding hydrogens is 371 g/mol. The van der Waals surface area contributed by atoms with Gasteiger partial charge in [0.1, 0.15) is 11.6 Å². The van der Waals surface area contributed by atoms with Crippen molar-refractivity contribution in [3.05, 3.63) is 46.4 Å². The standard InChI is InChI=1S/C21H25FN6O/c22-15-2-1-12-8-28(9-14(12)5-15)21-25-19-11-29-10-17(19)20(26-21)24-16-3-4-18-13(6-16)7-23-27-18/h1-2,5,13,16,18,23,27H,3-4,6-11H2,(H,24,25,26). The summed E-state index contributed by atoms with van der Waals surface area (Å²) >= 11 is 0. The molecule has 7 nitrogen and oxygen atoms in total. The first-order chi connectivity index (χ1) is 14.2. The second-order valence-electron chi connectivity index (χ2n) is 8.61. The van der Waals surface area contributed by atoms with Crippen LogP contribution in [0.2, 0.25) is 0 Å². The van der Waals surface area contributed by atoms with Crippen molar-refractivity contribution in [2.45, 2.75) is 57.6 Å². The minimum atomic E-state index is -0.192. The number of hydrogen-bond acceptors (Lipinski definition) is 7. The van der Waals surface area contributed by atoms with Crippen LogP contribution in [0.4, 0.5) is 16.2 Å². The lowest BCUT2D eigenvalue weighted by Crippen LogP contribution is -2.39. The maximum atomic E-state index is 13.6. The molecule has 3 atom stereocenters. The van der Waals surface area contributed by atoms with Crippen LogP contribution in [0.5, 0.6) is 0 Å². The zero-order valence-electron chi connectivity index (χ0n) is 16.2. The molecule has 3 N–H and O–H groups in total. The Kier molecular flexibility index (Phi) is 4.18. The van der Waals surface area contributed by atoms with Crippen molar-refractivity contribution in [3.63, 3.8) is 0 Å². The average molecular weight is 396 g/mol. The van der Waals surface area contributed by atoms with Crippen molar-refractivity contribution in [1.82, 2.24) is 20.8 Å². The number of anilines is 2. The van der Waals surface area contributed by atoms with E-state index in [2.05, 4.69) is 21.1 Å². The molecule has 1 aromatic carbocycles. The molecule has 0 spiro atoms. The van der Waals surface area contributed by atoms with Gasteiger partial charge in [0, 0.05) is 37.3 Å². The SMILES string of the molecule is Fc1ccc2c(c1)CN(c1nc3c(c(NC4CCC5NNCC5C4)n1)COC3)C2. The van der Waals surface area contributed by atoms with Crippen LogP contribution < -0.4 is 21.1 Å². The maximum Gasteiger partial charge on any atom is 0.228 e. The van der Waals surface area contributed by atoms with Gasteiger partial charge in [0.15, 0.2) is 0 Å². The number of nitrogens with one attached hydrogen (secondary N) is 3. The second-order valence-corrected chi connectivity index (χ2v) is 8.61. The van der Waals surface area contributed by atoms with Crippen molar-refractivity contribution >= 4 is 11.8 Å². The van der Waals surface area contributed by atoms with Crippen molar-refractivity contribution in [1.29, 1.82) is 0 Å². The molecule has 0 bridgehead atoms. The molecule has 6 rings (SSSR count). The van der Waals surface area contributed by atoms with E-state index in [1.807, 2.05) is 6.07 Å². The predicted molar refractivity (Wildman–Crippen MR) is 106 cm³/mol. The smallest absolute Gasteiger partial charge is 0.228 e. The minimum absolute atomic E-state index is 0.192. The lowest BCUT2D eigenvalue weighted by molar-refractivity contribution is 0.133. The van der Waals surface area contributed by atoms with E-state index in [1.165, 1.54) is 12.5 Å². The number of hydrogen-bond donors (Lipinski definition) is 3.